The van der Waals surface area contributed by atoms with Crippen molar-refractivity contribution in [3.05, 3.63) is 60.0 Å². The lowest BCUT2D eigenvalue weighted by molar-refractivity contribution is 0.111. The van der Waals surface area contributed by atoms with Crippen LogP contribution in [0.4, 0.5) is 0 Å². The van der Waals surface area contributed by atoms with Gasteiger partial charge in [0.15, 0.2) is 6.29 Å². The minimum atomic E-state index is 0.384. The van der Waals surface area contributed by atoms with E-state index in [1.807, 2.05) is 24.3 Å². The second-order valence-corrected chi connectivity index (χ2v) is 4.96. The molecule has 23 heavy (non-hydrogen) atoms. The van der Waals surface area contributed by atoms with Crippen molar-refractivity contribution in [3.63, 3.8) is 0 Å². The summed E-state index contributed by atoms with van der Waals surface area (Å²) in [6.45, 7) is 0.413. The highest BCUT2D eigenvalue weighted by Crippen LogP contribution is 2.21. The maximum Gasteiger partial charge on any atom is 0.213 e. The second kappa shape index (κ2) is 6.87. The van der Waals surface area contributed by atoms with Gasteiger partial charge in [-0.3, -0.25) is 9.78 Å². The topological polar surface area (TPSA) is 61.3 Å². The summed E-state index contributed by atoms with van der Waals surface area (Å²) in [5.41, 5.74) is 1.39. The van der Waals surface area contributed by atoms with Crippen molar-refractivity contribution in [2.24, 2.45) is 0 Å². The fourth-order valence-corrected chi connectivity index (χ4v) is 2.40. The predicted molar refractivity (Wildman–Crippen MR) is 87.1 cm³/mol. The zero-order chi connectivity index (χ0) is 16.1. The molecule has 116 valence electrons. The van der Waals surface area contributed by atoms with Crippen molar-refractivity contribution in [1.29, 1.82) is 0 Å². The lowest BCUT2D eigenvalue weighted by atomic mass is 10.1. The van der Waals surface area contributed by atoms with Crippen molar-refractivity contribution in [1.82, 2.24) is 9.97 Å². The fourth-order valence-electron chi connectivity index (χ4n) is 2.40. The monoisotopic (exact) mass is 308 g/mol. The van der Waals surface area contributed by atoms with Gasteiger partial charge in [-0.05, 0) is 11.5 Å². The molecule has 0 saturated carbocycles. The van der Waals surface area contributed by atoms with Crippen LogP contribution in [0.5, 0.6) is 11.6 Å². The lowest BCUT2D eigenvalue weighted by Crippen LogP contribution is -2.05. The molecule has 5 heteroatoms. The number of aromatic nitrogens is 2. The van der Waals surface area contributed by atoms with Gasteiger partial charge in [0.2, 0.25) is 5.88 Å². The molecular formula is C18H16N2O3. The number of nitrogens with zero attached hydrogens (tertiary/aromatic N) is 2. The van der Waals surface area contributed by atoms with Crippen molar-refractivity contribution in [2.45, 2.75) is 6.42 Å². The molecule has 3 aromatic rings. The van der Waals surface area contributed by atoms with Gasteiger partial charge < -0.3 is 9.47 Å². The molecule has 2 heterocycles. The van der Waals surface area contributed by atoms with Gasteiger partial charge in [0.05, 0.1) is 31.2 Å². The van der Waals surface area contributed by atoms with Crippen LogP contribution in [0.3, 0.4) is 0 Å². The zero-order valence-corrected chi connectivity index (χ0v) is 12.7. The number of hydrogen-bond donors (Lipinski definition) is 0. The highest BCUT2D eigenvalue weighted by Gasteiger charge is 2.07. The molecule has 0 saturated heterocycles. The molecule has 2 aromatic heterocycles. The average molecular weight is 308 g/mol. The molecular weight excluding hydrogens is 292 g/mol. The molecule has 0 aliphatic carbocycles. The van der Waals surface area contributed by atoms with Gasteiger partial charge in [-0.2, -0.15) is 0 Å². The van der Waals surface area contributed by atoms with Crippen LogP contribution < -0.4 is 9.47 Å². The highest BCUT2D eigenvalue weighted by molar-refractivity contribution is 5.84. The van der Waals surface area contributed by atoms with Gasteiger partial charge in [-0.15, -0.1) is 0 Å². The Kier molecular flexibility index (Phi) is 4.47. The number of carbonyl (C=O) groups is 1. The number of pyridine rings is 2. The third-order valence-corrected chi connectivity index (χ3v) is 3.56. The number of hydrogen-bond acceptors (Lipinski definition) is 5. The van der Waals surface area contributed by atoms with Crippen molar-refractivity contribution >= 4 is 17.1 Å². The maximum atomic E-state index is 11.1. The second-order valence-electron chi connectivity index (χ2n) is 4.96. The standard InChI is InChI=1S/C18H16N2O3/c1-22-18-10-14(12-21)17(11-20-18)23-9-7-16-15-5-3-2-4-13(15)6-8-19-16/h2-6,8,10-12H,7,9H2,1H3. The number of ether oxygens (including phenoxy) is 2. The van der Waals surface area contributed by atoms with E-state index < -0.39 is 0 Å². The quantitative estimate of drug-likeness (QED) is 0.655. The summed E-state index contributed by atoms with van der Waals surface area (Å²) in [5, 5.41) is 2.26. The minimum Gasteiger partial charge on any atom is -0.491 e. The number of rotatable bonds is 6. The first-order chi connectivity index (χ1) is 11.3. The Balaban J connectivity index is 1.73. The van der Waals surface area contributed by atoms with E-state index in [2.05, 4.69) is 16.0 Å². The van der Waals surface area contributed by atoms with Gasteiger partial charge in [0, 0.05) is 24.1 Å². The number of benzene rings is 1. The van der Waals surface area contributed by atoms with E-state index in [1.54, 1.807) is 12.3 Å². The fraction of sp³-hybridized carbons (Fsp3) is 0.167. The third-order valence-electron chi connectivity index (χ3n) is 3.56. The van der Waals surface area contributed by atoms with Crippen LogP contribution in [0.2, 0.25) is 0 Å². The van der Waals surface area contributed by atoms with Gasteiger partial charge in [-0.1, -0.05) is 24.3 Å². The molecule has 5 nitrogen and oxygen atoms in total. The van der Waals surface area contributed by atoms with Crippen LogP contribution in [-0.4, -0.2) is 30.0 Å². The van der Waals surface area contributed by atoms with Gasteiger partial charge in [-0.25, -0.2) is 4.98 Å². The summed E-state index contributed by atoms with van der Waals surface area (Å²) in [6.07, 6.45) is 4.67. The third kappa shape index (κ3) is 3.29. The van der Waals surface area contributed by atoms with Crippen molar-refractivity contribution in [2.75, 3.05) is 13.7 Å². The molecule has 0 aliphatic rings. The van der Waals surface area contributed by atoms with Crippen LogP contribution >= 0.6 is 0 Å². The van der Waals surface area contributed by atoms with Crippen molar-refractivity contribution in [3.8, 4) is 11.6 Å². The molecule has 1 aromatic carbocycles. The van der Waals surface area contributed by atoms with E-state index in [1.165, 1.54) is 13.3 Å². The van der Waals surface area contributed by atoms with Gasteiger partial charge >= 0.3 is 0 Å². The van der Waals surface area contributed by atoms with E-state index in [0.29, 0.717) is 30.2 Å². The molecule has 0 N–H and O–H groups in total. The largest absolute Gasteiger partial charge is 0.491 e. The van der Waals surface area contributed by atoms with Crippen LogP contribution in [-0.2, 0) is 6.42 Å². The van der Waals surface area contributed by atoms with Crippen LogP contribution in [0, 0.1) is 0 Å². The lowest BCUT2D eigenvalue weighted by Gasteiger charge is -2.10. The summed E-state index contributed by atoms with van der Waals surface area (Å²) in [6, 6.07) is 11.6. The van der Waals surface area contributed by atoms with E-state index in [-0.39, 0.29) is 0 Å². The summed E-state index contributed by atoms with van der Waals surface area (Å²) >= 11 is 0. The summed E-state index contributed by atoms with van der Waals surface area (Å²) < 4.78 is 10.7. The number of methoxy groups -OCH3 is 1. The Labute approximate surface area is 133 Å². The molecule has 3 rings (SSSR count). The Hall–Kier alpha value is -2.95. The molecule has 0 atom stereocenters. The smallest absolute Gasteiger partial charge is 0.213 e. The molecule has 0 amide bonds. The molecule has 0 radical (unpaired) electrons. The summed E-state index contributed by atoms with van der Waals surface area (Å²) in [5.74, 6) is 0.830. The Morgan fingerprint density at radius 1 is 1.17 bits per heavy atom. The van der Waals surface area contributed by atoms with Crippen LogP contribution in [0.1, 0.15) is 16.1 Å². The number of aldehydes is 1. The highest BCUT2D eigenvalue weighted by atomic mass is 16.5. The molecule has 0 fully saturated rings. The van der Waals surface area contributed by atoms with Gasteiger partial charge in [0.1, 0.15) is 5.75 Å². The molecule has 0 aliphatic heterocycles. The summed E-state index contributed by atoms with van der Waals surface area (Å²) in [7, 11) is 1.50. The molecule has 0 bridgehead atoms. The SMILES string of the molecule is COc1cc(C=O)c(OCCc2nccc3ccccc23)cn1. The van der Waals surface area contributed by atoms with E-state index in [9.17, 15) is 4.79 Å². The first kappa shape index (κ1) is 15.0. The van der Waals surface area contributed by atoms with E-state index in [0.717, 1.165) is 22.8 Å². The molecule has 0 spiro atoms. The molecule has 0 unspecified atom stereocenters. The predicted octanol–water partition coefficient (Wildman–Crippen LogP) is 3.07. The Morgan fingerprint density at radius 2 is 2.04 bits per heavy atom. The zero-order valence-electron chi connectivity index (χ0n) is 12.7. The Morgan fingerprint density at radius 3 is 2.87 bits per heavy atom. The first-order valence-electron chi connectivity index (χ1n) is 7.26. The van der Waals surface area contributed by atoms with E-state index >= 15 is 0 Å². The maximum absolute atomic E-state index is 11.1. The van der Waals surface area contributed by atoms with Crippen LogP contribution in [0.25, 0.3) is 10.8 Å². The van der Waals surface area contributed by atoms with E-state index in [4.69, 9.17) is 9.47 Å². The first-order valence-corrected chi connectivity index (χ1v) is 7.26. The number of fused-ring (bicyclic) bond motifs is 1. The summed E-state index contributed by atoms with van der Waals surface area (Å²) in [4.78, 5) is 19.6. The Bertz CT molecular complexity index is 828. The number of carbonyl (C=O) groups excluding carboxylic acids is 1. The van der Waals surface area contributed by atoms with Crippen molar-refractivity contribution < 1.29 is 14.3 Å². The van der Waals surface area contributed by atoms with Crippen LogP contribution in [0.15, 0.2) is 48.8 Å². The normalized spacial score (nSPS) is 10.5. The average Bonchev–Trinajstić information content (AvgIpc) is 2.62. The van der Waals surface area contributed by atoms with Gasteiger partial charge in [0.25, 0.3) is 0 Å². The minimum absolute atomic E-state index is 0.384.